The summed E-state index contributed by atoms with van der Waals surface area (Å²) in [5, 5.41) is 2.81. The van der Waals surface area contributed by atoms with Crippen LogP contribution in [0.25, 0.3) is 0 Å². The van der Waals surface area contributed by atoms with Crippen molar-refractivity contribution in [3.05, 3.63) is 64.1 Å². The van der Waals surface area contributed by atoms with Gasteiger partial charge < -0.3 is 5.32 Å². The number of carbonyl (C=O) groups is 1. The monoisotopic (exact) mass is 484 g/mol. The molecule has 0 bridgehead atoms. The highest BCUT2D eigenvalue weighted by molar-refractivity contribution is 9.10. The highest BCUT2D eigenvalue weighted by atomic mass is 79.9. The molecule has 0 aliphatic rings. The Balaban J connectivity index is 1.74. The number of aryl methyl sites for hydroxylation is 1. The maximum absolute atomic E-state index is 12.2. The number of rotatable bonds is 10. The number of anilines is 1. The van der Waals surface area contributed by atoms with Gasteiger partial charge in [0, 0.05) is 16.8 Å². The van der Waals surface area contributed by atoms with E-state index in [1.807, 2.05) is 11.8 Å². The third-order valence-electron chi connectivity index (χ3n) is 3.94. The van der Waals surface area contributed by atoms with Crippen molar-refractivity contribution in [3.8, 4) is 0 Å². The van der Waals surface area contributed by atoms with E-state index in [0.29, 0.717) is 12.2 Å². The van der Waals surface area contributed by atoms with Crippen LogP contribution in [-0.2, 0) is 20.6 Å². The van der Waals surface area contributed by atoms with Crippen molar-refractivity contribution in [1.29, 1.82) is 0 Å². The number of sulfonamides is 1. The number of nitrogens with one attached hydrogen (secondary N) is 1. The smallest absolute Gasteiger partial charge is 0.240 e. The van der Waals surface area contributed by atoms with Gasteiger partial charge in [-0.15, -0.1) is 0 Å². The number of nitrogens with zero attached hydrogens (tertiary/aromatic N) is 1. The van der Waals surface area contributed by atoms with Crippen LogP contribution in [0, 0.1) is 6.92 Å². The van der Waals surface area contributed by atoms with E-state index < -0.39 is 10.0 Å². The molecule has 0 radical (unpaired) electrons. The van der Waals surface area contributed by atoms with Gasteiger partial charge in [0.05, 0.1) is 11.9 Å². The Kier molecular flexibility index (Phi) is 8.85. The van der Waals surface area contributed by atoms with E-state index in [4.69, 9.17) is 0 Å². The fourth-order valence-electron chi connectivity index (χ4n) is 2.59. The van der Waals surface area contributed by atoms with Crippen molar-refractivity contribution in [3.63, 3.8) is 0 Å². The zero-order chi connectivity index (χ0) is 20.6. The molecular weight excluding hydrogens is 460 g/mol. The second-order valence-electron chi connectivity index (χ2n) is 6.49. The van der Waals surface area contributed by atoms with Crippen LogP contribution in [0.15, 0.2) is 53.0 Å². The SMILES string of the molecule is Cc1cccc(CSCCCNC(=O)CN(c2ccc(Br)cc2)S(C)(=O)=O)c1. The number of hydrogen-bond donors (Lipinski definition) is 1. The maximum Gasteiger partial charge on any atom is 0.240 e. The van der Waals surface area contributed by atoms with Crippen LogP contribution in [0.5, 0.6) is 0 Å². The molecule has 0 saturated carbocycles. The van der Waals surface area contributed by atoms with Crippen LogP contribution in [0.2, 0.25) is 0 Å². The topological polar surface area (TPSA) is 66.5 Å². The van der Waals surface area contributed by atoms with E-state index in [1.165, 1.54) is 11.1 Å². The zero-order valence-corrected chi connectivity index (χ0v) is 19.2. The number of amides is 1. The standard InChI is InChI=1S/C20H25BrN2O3S2/c1-16-5-3-6-17(13-16)15-27-12-4-11-22-20(24)14-23(28(2,25)26)19-9-7-18(21)8-10-19/h3,5-10,13H,4,11-12,14-15H2,1-2H3,(H,22,24). The van der Waals surface area contributed by atoms with Crippen molar-refractivity contribution in [2.75, 3.05) is 29.4 Å². The van der Waals surface area contributed by atoms with Gasteiger partial charge in [0.15, 0.2) is 0 Å². The van der Waals surface area contributed by atoms with E-state index in [1.54, 1.807) is 24.3 Å². The van der Waals surface area contributed by atoms with Crippen LogP contribution in [0.1, 0.15) is 17.5 Å². The zero-order valence-electron chi connectivity index (χ0n) is 16.0. The number of hydrogen-bond acceptors (Lipinski definition) is 4. The first kappa shape index (κ1) is 22.8. The van der Waals surface area contributed by atoms with Crippen molar-refractivity contribution >= 4 is 49.3 Å². The van der Waals surface area contributed by atoms with Crippen molar-refractivity contribution < 1.29 is 13.2 Å². The minimum Gasteiger partial charge on any atom is -0.354 e. The highest BCUT2D eigenvalue weighted by Crippen LogP contribution is 2.20. The Bertz CT molecular complexity index is 887. The molecule has 2 aromatic rings. The van der Waals surface area contributed by atoms with E-state index in [9.17, 15) is 13.2 Å². The van der Waals surface area contributed by atoms with Gasteiger partial charge in [0.25, 0.3) is 0 Å². The van der Waals surface area contributed by atoms with E-state index in [0.717, 1.165) is 33.0 Å². The van der Waals surface area contributed by atoms with Crippen LogP contribution in [-0.4, -0.2) is 39.4 Å². The van der Waals surface area contributed by atoms with Gasteiger partial charge in [-0.1, -0.05) is 45.8 Å². The molecule has 0 aromatic heterocycles. The van der Waals surface area contributed by atoms with Crippen molar-refractivity contribution in [1.82, 2.24) is 5.32 Å². The second kappa shape index (κ2) is 10.9. The Morgan fingerprint density at radius 3 is 2.54 bits per heavy atom. The highest BCUT2D eigenvalue weighted by Gasteiger charge is 2.20. The summed E-state index contributed by atoms with van der Waals surface area (Å²) in [6.07, 6.45) is 1.93. The van der Waals surface area contributed by atoms with Gasteiger partial charge in [0.2, 0.25) is 15.9 Å². The second-order valence-corrected chi connectivity index (χ2v) is 10.4. The predicted molar refractivity (Wildman–Crippen MR) is 121 cm³/mol. The van der Waals surface area contributed by atoms with Crippen LogP contribution in [0.3, 0.4) is 0 Å². The average Bonchev–Trinajstić information content (AvgIpc) is 2.63. The summed E-state index contributed by atoms with van der Waals surface area (Å²) in [5.41, 5.74) is 3.02. The lowest BCUT2D eigenvalue weighted by Gasteiger charge is -2.22. The summed E-state index contributed by atoms with van der Waals surface area (Å²) in [5.74, 6) is 1.56. The average molecular weight is 485 g/mol. The van der Waals surface area contributed by atoms with Crippen molar-refractivity contribution in [2.45, 2.75) is 19.1 Å². The Morgan fingerprint density at radius 2 is 1.89 bits per heavy atom. The largest absolute Gasteiger partial charge is 0.354 e. The molecule has 0 heterocycles. The van der Waals surface area contributed by atoms with Gasteiger partial charge in [0.1, 0.15) is 6.54 Å². The molecule has 0 aliphatic carbocycles. The van der Waals surface area contributed by atoms with Crippen LogP contribution in [0.4, 0.5) is 5.69 Å². The van der Waals surface area contributed by atoms with Gasteiger partial charge in [-0.25, -0.2) is 8.42 Å². The summed E-state index contributed by atoms with van der Waals surface area (Å²) < 4.78 is 26.1. The Hall–Kier alpha value is -1.51. The number of halogens is 1. The molecule has 0 unspecified atom stereocenters. The van der Waals surface area contributed by atoms with Gasteiger partial charge in [-0.3, -0.25) is 9.10 Å². The summed E-state index contributed by atoms with van der Waals surface area (Å²) in [7, 11) is -3.55. The lowest BCUT2D eigenvalue weighted by atomic mass is 10.2. The van der Waals surface area contributed by atoms with Gasteiger partial charge >= 0.3 is 0 Å². The molecule has 5 nitrogen and oxygen atoms in total. The minimum absolute atomic E-state index is 0.225. The summed E-state index contributed by atoms with van der Waals surface area (Å²) in [6, 6.07) is 15.3. The molecular formula is C20H25BrN2O3S2. The van der Waals surface area contributed by atoms with Gasteiger partial charge in [-0.05, 0) is 48.9 Å². The summed E-state index contributed by atoms with van der Waals surface area (Å²) >= 11 is 5.14. The number of thioether (sulfide) groups is 1. The molecule has 0 fully saturated rings. The molecule has 0 aliphatic heterocycles. The molecule has 0 atom stereocenters. The molecule has 2 rings (SSSR count). The molecule has 28 heavy (non-hydrogen) atoms. The Labute approximate surface area is 180 Å². The molecule has 1 amide bonds. The van der Waals surface area contributed by atoms with E-state index >= 15 is 0 Å². The molecule has 2 aromatic carbocycles. The molecule has 0 spiro atoms. The lowest BCUT2D eigenvalue weighted by molar-refractivity contribution is -0.119. The first-order chi connectivity index (χ1) is 13.3. The fourth-order valence-corrected chi connectivity index (χ4v) is 4.62. The first-order valence-electron chi connectivity index (χ1n) is 8.89. The lowest BCUT2D eigenvalue weighted by Crippen LogP contribution is -2.40. The van der Waals surface area contributed by atoms with Crippen LogP contribution < -0.4 is 9.62 Å². The third-order valence-corrected chi connectivity index (χ3v) is 6.73. The Morgan fingerprint density at radius 1 is 1.18 bits per heavy atom. The van der Waals surface area contributed by atoms with E-state index in [2.05, 4.69) is 52.4 Å². The summed E-state index contributed by atoms with van der Waals surface area (Å²) in [6.45, 7) is 2.38. The van der Waals surface area contributed by atoms with E-state index in [-0.39, 0.29) is 12.5 Å². The third kappa shape index (κ3) is 7.85. The number of benzene rings is 2. The molecule has 152 valence electrons. The van der Waals surface area contributed by atoms with Crippen LogP contribution >= 0.6 is 27.7 Å². The summed E-state index contributed by atoms with van der Waals surface area (Å²) in [4.78, 5) is 12.2. The fraction of sp³-hybridized carbons (Fsp3) is 0.350. The molecule has 8 heteroatoms. The first-order valence-corrected chi connectivity index (χ1v) is 12.7. The minimum atomic E-state index is -3.55. The normalized spacial score (nSPS) is 11.2. The number of carbonyl (C=O) groups excluding carboxylic acids is 1. The van der Waals surface area contributed by atoms with Gasteiger partial charge in [-0.2, -0.15) is 11.8 Å². The van der Waals surface area contributed by atoms with Crippen molar-refractivity contribution in [2.24, 2.45) is 0 Å². The predicted octanol–water partition coefficient (Wildman–Crippen LogP) is 3.96. The molecule has 1 N–H and O–H groups in total. The quantitative estimate of drug-likeness (QED) is 0.518. The molecule has 0 saturated heterocycles. The maximum atomic E-state index is 12.2.